The number of halogens is 3. The first-order chi connectivity index (χ1) is 3.40. The van der Waals surface area contributed by atoms with Crippen molar-refractivity contribution in [1.82, 2.24) is 0 Å². The highest BCUT2D eigenvalue weighted by Gasteiger charge is 2.77. The van der Waals surface area contributed by atoms with Crippen LogP contribution in [0.25, 0.3) is 0 Å². The molecule has 1 aliphatic rings. The molecule has 47 valence electrons. The Bertz CT molecular complexity index is 103. The summed E-state index contributed by atoms with van der Waals surface area (Å²) in [6, 6.07) is 0. The quantitative estimate of drug-likeness (QED) is 0.460. The van der Waals surface area contributed by atoms with E-state index in [4.69, 9.17) is 0 Å². The van der Waals surface area contributed by atoms with Crippen molar-refractivity contribution in [3.63, 3.8) is 0 Å². The van der Waals surface area contributed by atoms with Gasteiger partial charge >= 0.3 is 0 Å². The van der Waals surface area contributed by atoms with Gasteiger partial charge in [0.25, 0.3) is 5.92 Å². The summed E-state index contributed by atoms with van der Waals surface area (Å²) >= 11 is 0. The molecule has 1 radical (unpaired) electrons. The average Bonchev–Trinajstić information content (AvgIpc) is 1.88. The summed E-state index contributed by atoms with van der Waals surface area (Å²) < 4.78 is 35.8. The lowest BCUT2D eigenvalue weighted by molar-refractivity contribution is 0.0563. The van der Waals surface area contributed by atoms with E-state index in [1.807, 2.05) is 0 Å². The van der Waals surface area contributed by atoms with Crippen LogP contribution < -0.4 is 0 Å². The molecule has 0 aliphatic heterocycles. The van der Waals surface area contributed by atoms with Crippen molar-refractivity contribution in [2.24, 2.45) is 5.92 Å². The fraction of sp³-hybridized carbons (Fsp3) is 0.800. The monoisotopic (exact) mass is 123 g/mol. The summed E-state index contributed by atoms with van der Waals surface area (Å²) in [5, 5.41) is 0. The molecule has 0 saturated heterocycles. The van der Waals surface area contributed by atoms with Crippen LogP contribution in [-0.4, -0.2) is 11.6 Å². The van der Waals surface area contributed by atoms with Gasteiger partial charge in [-0.25, -0.2) is 13.2 Å². The van der Waals surface area contributed by atoms with Gasteiger partial charge in [0, 0.05) is 0 Å². The molecule has 1 rings (SSSR count). The largest absolute Gasteiger partial charge is 0.287 e. The Morgan fingerprint density at radius 3 is 1.50 bits per heavy atom. The van der Waals surface area contributed by atoms with E-state index in [1.165, 1.54) is 0 Å². The molecule has 0 aromatic rings. The Morgan fingerprint density at radius 1 is 1.38 bits per heavy atom. The maximum Gasteiger partial charge on any atom is 0.287 e. The molecule has 1 saturated carbocycles. The average molecular weight is 123 g/mol. The van der Waals surface area contributed by atoms with Crippen molar-refractivity contribution < 1.29 is 13.2 Å². The van der Waals surface area contributed by atoms with Gasteiger partial charge in [0.15, 0.2) is 5.67 Å². The van der Waals surface area contributed by atoms with E-state index < -0.39 is 17.5 Å². The zero-order valence-corrected chi connectivity index (χ0v) is 4.42. The summed E-state index contributed by atoms with van der Waals surface area (Å²) in [4.78, 5) is 0. The van der Waals surface area contributed by atoms with Crippen LogP contribution in [0.15, 0.2) is 0 Å². The first-order valence-corrected chi connectivity index (χ1v) is 2.33. The van der Waals surface area contributed by atoms with Gasteiger partial charge in [0.05, 0.1) is 5.92 Å². The number of hydrogen-bond donors (Lipinski definition) is 0. The van der Waals surface area contributed by atoms with Crippen LogP contribution in [0.3, 0.4) is 0 Å². The molecule has 0 spiro atoms. The van der Waals surface area contributed by atoms with Crippen LogP contribution in [-0.2, 0) is 0 Å². The van der Waals surface area contributed by atoms with Crippen molar-refractivity contribution in [3.05, 3.63) is 6.92 Å². The molecule has 2 unspecified atom stereocenters. The second-order valence-electron chi connectivity index (χ2n) is 2.21. The molecule has 1 fully saturated rings. The number of hydrogen-bond acceptors (Lipinski definition) is 0. The normalized spacial score (nSPS) is 51.4. The molecule has 0 amide bonds. The van der Waals surface area contributed by atoms with Gasteiger partial charge in [-0.2, -0.15) is 0 Å². The molecule has 0 nitrogen and oxygen atoms in total. The minimum Gasteiger partial charge on any atom is -0.237 e. The van der Waals surface area contributed by atoms with Gasteiger partial charge in [0.1, 0.15) is 0 Å². The van der Waals surface area contributed by atoms with E-state index >= 15 is 0 Å². The molecule has 0 aromatic heterocycles. The van der Waals surface area contributed by atoms with Crippen LogP contribution >= 0.6 is 0 Å². The Morgan fingerprint density at radius 2 is 1.50 bits per heavy atom. The van der Waals surface area contributed by atoms with Crippen molar-refractivity contribution >= 4 is 0 Å². The zero-order valence-electron chi connectivity index (χ0n) is 4.42. The van der Waals surface area contributed by atoms with Crippen LogP contribution in [0.5, 0.6) is 0 Å². The van der Waals surface area contributed by atoms with Crippen molar-refractivity contribution in [2.75, 3.05) is 0 Å². The lowest BCUT2D eigenvalue weighted by Gasteiger charge is -1.91. The van der Waals surface area contributed by atoms with Crippen LogP contribution in [0.1, 0.15) is 6.92 Å². The van der Waals surface area contributed by atoms with Gasteiger partial charge < -0.3 is 0 Å². The molecular formula is C5H6F3. The van der Waals surface area contributed by atoms with E-state index in [1.54, 1.807) is 0 Å². The van der Waals surface area contributed by atoms with Gasteiger partial charge in [0.2, 0.25) is 0 Å². The fourth-order valence-electron chi connectivity index (χ4n) is 0.600. The lowest BCUT2D eigenvalue weighted by atomic mass is 10.3. The molecule has 0 aromatic carbocycles. The van der Waals surface area contributed by atoms with Crippen LogP contribution in [0.4, 0.5) is 13.2 Å². The van der Waals surface area contributed by atoms with E-state index in [-0.39, 0.29) is 0 Å². The smallest absolute Gasteiger partial charge is 0.237 e. The van der Waals surface area contributed by atoms with E-state index in [0.717, 1.165) is 6.92 Å². The summed E-state index contributed by atoms with van der Waals surface area (Å²) in [5.74, 6) is -4.37. The molecule has 0 heterocycles. The first-order valence-electron chi connectivity index (χ1n) is 2.33. The second-order valence-corrected chi connectivity index (χ2v) is 2.21. The Hall–Kier alpha value is -0.210. The van der Waals surface area contributed by atoms with E-state index in [9.17, 15) is 13.2 Å². The van der Waals surface area contributed by atoms with Crippen LogP contribution in [0, 0.1) is 12.8 Å². The summed E-state index contributed by atoms with van der Waals surface area (Å²) in [6.45, 7) is 3.84. The highest BCUT2D eigenvalue weighted by Crippen LogP contribution is 2.60. The summed E-state index contributed by atoms with van der Waals surface area (Å²) in [7, 11) is 0. The first kappa shape index (κ1) is 5.92. The highest BCUT2D eigenvalue weighted by atomic mass is 19.3. The lowest BCUT2D eigenvalue weighted by Crippen LogP contribution is -2.05. The number of alkyl halides is 3. The SMILES string of the molecule is [CH2]C1(F)C(C)C1(F)F. The molecule has 8 heavy (non-hydrogen) atoms. The third-order valence-corrected chi connectivity index (χ3v) is 1.70. The molecular weight excluding hydrogens is 117 g/mol. The summed E-state index contributed by atoms with van der Waals surface area (Å²) in [5.41, 5.74) is -2.48. The van der Waals surface area contributed by atoms with Crippen LogP contribution in [0.2, 0.25) is 0 Å². The van der Waals surface area contributed by atoms with Gasteiger partial charge in [-0.15, -0.1) is 0 Å². The van der Waals surface area contributed by atoms with Gasteiger partial charge in [-0.05, 0) is 6.92 Å². The minimum atomic E-state index is -3.17. The zero-order chi connectivity index (χ0) is 6.58. The fourth-order valence-corrected chi connectivity index (χ4v) is 0.600. The maximum absolute atomic E-state index is 12.1. The highest BCUT2D eigenvalue weighted by molar-refractivity contribution is 5.20. The molecule has 0 N–H and O–H groups in total. The molecule has 2 atom stereocenters. The number of rotatable bonds is 0. The van der Waals surface area contributed by atoms with Gasteiger partial charge in [-0.1, -0.05) is 6.92 Å². The molecule has 0 bridgehead atoms. The third kappa shape index (κ3) is 0.376. The summed E-state index contributed by atoms with van der Waals surface area (Å²) in [6.07, 6.45) is 0. The predicted molar refractivity (Wildman–Crippen MR) is 23.3 cm³/mol. The topological polar surface area (TPSA) is 0 Å². The Kier molecular flexibility index (Phi) is 0.770. The van der Waals surface area contributed by atoms with Crippen molar-refractivity contribution in [3.8, 4) is 0 Å². The predicted octanol–water partition coefficient (Wildman–Crippen LogP) is 1.81. The van der Waals surface area contributed by atoms with Gasteiger partial charge in [-0.3, -0.25) is 0 Å². The Balaban J connectivity index is 2.72. The van der Waals surface area contributed by atoms with Crippen molar-refractivity contribution in [1.29, 1.82) is 0 Å². The second kappa shape index (κ2) is 1.04. The van der Waals surface area contributed by atoms with E-state index in [0.29, 0.717) is 0 Å². The maximum atomic E-state index is 12.1. The molecule has 3 heteroatoms. The third-order valence-electron chi connectivity index (χ3n) is 1.70. The Labute approximate surface area is 45.7 Å². The van der Waals surface area contributed by atoms with Crippen molar-refractivity contribution in [2.45, 2.75) is 18.5 Å². The standard InChI is InChI=1S/C5H6F3/c1-3-4(2,6)5(3,7)8/h3H,2H2,1H3. The van der Waals surface area contributed by atoms with E-state index in [2.05, 4.69) is 6.92 Å². The molecule has 1 aliphatic carbocycles. The minimum absolute atomic E-state index is 1.15.